The molecule has 4 aliphatic carbocycles. The van der Waals surface area contributed by atoms with Gasteiger partial charge in [0, 0.05) is 18.1 Å². The fourth-order valence-corrected chi connectivity index (χ4v) is 5.08. The average molecular weight is 236 g/mol. The first-order chi connectivity index (χ1) is 8.01. The van der Waals surface area contributed by atoms with Crippen LogP contribution in [0, 0.1) is 23.7 Å². The van der Waals surface area contributed by atoms with Crippen LogP contribution >= 0.6 is 0 Å². The van der Waals surface area contributed by atoms with Crippen molar-refractivity contribution in [2.24, 2.45) is 29.4 Å². The molecule has 4 rings (SSSR count). The topological polar surface area (TPSA) is 29.3 Å². The molecular formula is C15H28N2. The Morgan fingerprint density at radius 2 is 1.47 bits per heavy atom. The molecule has 2 heteroatoms. The zero-order valence-corrected chi connectivity index (χ0v) is 11.7. The summed E-state index contributed by atoms with van der Waals surface area (Å²) in [6, 6.07) is 0.821. The van der Waals surface area contributed by atoms with Gasteiger partial charge in [-0.3, -0.25) is 4.90 Å². The van der Waals surface area contributed by atoms with Crippen LogP contribution < -0.4 is 5.73 Å². The summed E-state index contributed by atoms with van der Waals surface area (Å²) in [6.45, 7) is 5.38. The maximum absolute atomic E-state index is 5.96. The van der Waals surface area contributed by atoms with Crippen LogP contribution in [0.4, 0.5) is 0 Å². The third kappa shape index (κ3) is 1.84. The third-order valence-electron chi connectivity index (χ3n) is 6.08. The number of nitrogens with two attached hydrogens (primary N) is 1. The first-order valence-electron chi connectivity index (χ1n) is 7.44. The van der Waals surface area contributed by atoms with Crippen molar-refractivity contribution in [2.45, 2.75) is 57.5 Å². The van der Waals surface area contributed by atoms with E-state index in [1.165, 1.54) is 25.7 Å². The Morgan fingerprint density at radius 1 is 1.00 bits per heavy atom. The highest BCUT2D eigenvalue weighted by Gasteiger charge is 2.50. The summed E-state index contributed by atoms with van der Waals surface area (Å²) in [4.78, 5) is 2.63. The lowest BCUT2D eigenvalue weighted by Crippen LogP contribution is -2.61. The zero-order chi connectivity index (χ0) is 12.2. The van der Waals surface area contributed by atoms with Crippen LogP contribution in [0.5, 0.6) is 0 Å². The van der Waals surface area contributed by atoms with Crippen LogP contribution in [0.1, 0.15) is 46.0 Å². The van der Waals surface area contributed by atoms with Crippen LogP contribution in [0.15, 0.2) is 0 Å². The SMILES string of the molecule is CN(C1C2CC3CC(C2)CC1C3)C(C)(C)CN. The van der Waals surface area contributed by atoms with Crippen molar-refractivity contribution in [3.05, 3.63) is 0 Å². The summed E-state index contributed by atoms with van der Waals surface area (Å²) in [5.74, 6) is 4.09. The lowest BCUT2D eigenvalue weighted by Gasteiger charge is -2.59. The second-order valence-corrected chi connectivity index (χ2v) is 7.55. The van der Waals surface area contributed by atoms with E-state index in [0.717, 1.165) is 36.3 Å². The van der Waals surface area contributed by atoms with Crippen LogP contribution in [-0.2, 0) is 0 Å². The number of likely N-dealkylation sites (N-methyl/N-ethyl adjacent to an activating group) is 1. The fourth-order valence-electron chi connectivity index (χ4n) is 5.08. The summed E-state index contributed by atoms with van der Waals surface area (Å²) in [5, 5.41) is 0. The van der Waals surface area contributed by atoms with Crippen LogP contribution in [0.3, 0.4) is 0 Å². The highest BCUT2D eigenvalue weighted by atomic mass is 15.2. The van der Waals surface area contributed by atoms with Crippen molar-refractivity contribution in [1.82, 2.24) is 4.90 Å². The molecular weight excluding hydrogens is 208 g/mol. The molecule has 0 amide bonds. The van der Waals surface area contributed by atoms with Crippen molar-refractivity contribution in [1.29, 1.82) is 0 Å². The van der Waals surface area contributed by atoms with Crippen molar-refractivity contribution < 1.29 is 0 Å². The lowest BCUT2D eigenvalue weighted by molar-refractivity contribution is -0.0830. The fraction of sp³-hybridized carbons (Fsp3) is 1.00. The molecule has 0 saturated heterocycles. The summed E-state index contributed by atoms with van der Waals surface area (Å²) in [7, 11) is 2.32. The van der Waals surface area contributed by atoms with E-state index >= 15 is 0 Å². The summed E-state index contributed by atoms with van der Waals surface area (Å²) >= 11 is 0. The second-order valence-electron chi connectivity index (χ2n) is 7.55. The summed E-state index contributed by atoms with van der Waals surface area (Å²) < 4.78 is 0. The molecule has 0 aromatic carbocycles. The smallest absolute Gasteiger partial charge is 0.0275 e. The molecule has 0 radical (unpaired) electrons. The molecule has 4 saturated carbocycles. The van der Waals surface area contributed by atoms with Crippen molar-refractivity contribution in [3.63, 3.8) is 0 Å². The van der Waals surface area contributed by atoms with Gasteiger partial charge in [-0.2, -0.15) is 0 Å². The van der Waals surface area contributed by atoms with Crippen molar-refractivity contribution in [2.75, 3.05) is 13.6 Å². The standard InChI is InChI=1S/C15H28N2/c1-15(2,9-16)17(3)14-12-5-10-4-11(7-12)8-13(14)6-10/h10-14H,4-9,16H2,1-3H3. The maximum atomic E-state index is 5.96. The predicted octanol–water partition coefficient (Wildman–Crippen LogP) is 2.48. The van der Waals surface area contributed by atoms with Gasteiger partial charge in [0.1, 0.15) is 0 Å². The van der Waals surface area contributed by atoms with Crippen LogP contribution in [0.2, 0.25) is 0 Å². The van der Waals surface area contributed by atoms with Gasteiger partial charge in [0.25, 0.3) is 0 Å². The van der Waals surface area contributed by atoms with Crippen LogP contribution in [-0.4, -0.2) is 30.1 Å². The quantitative estimate of drug-likeness (QED) is 0.815. The Balaban J connectivity index is 1.80. The Labute approximate surface area is 106 Å². The van der Waals surface area contributed by atoms with E-state index in [0.29, 0.717) is 0 Å². The number of nitrogens with zero attached hydrogens (tertiary/aromatic N) is 1. The molecule has 0 atom stereocenters. The maximum Gasteiger partial charge on any atom is 0.0275 e. The van der Waals surface area contributed by atoms with Gasteiger partial charge in [-0.25, -0.2) is 0 Å². The number of rotatable bonds is 3. The molecule has 2 nitrogen and oxygen atoms in total. The molecule has 98 valence electrons. The summed E-state index contributed by atoms with van der Waals surface area (Å²) in [5.41, 5.74) is 6.13. The Morgan fingerprint density at radius 3 is 1.88 bits per heavy atom. The minimum absolute atomic E-state index is 0.167. The zero-order valence-electron chi connectivity index (χ0n) is 11.7. The molecule has 0 aromatic rings. The van der Waals surface area contributed by atoms with E-state index in [-0.39, 0.29) is 5.54 Å². The normalized spacial score (nSPS) is 44.6. The Kier molecular flexibility index (Phi) is 2.79. The largest absolute Gasteiger partial charge is 0.329 e. The van der Waals surface area contributed by atoms with Gasteiger partial charge >= 0.3 is 0 Å². The average Bonchev–Trinajstić information content (AvgIpc) is 2.27. The van der Waals surface area contributed by atoms with Gasteiger partial charge in [0.05, 0.1) is 0 Å². The second kappa shape index (κ2) is 3.96. The minimum Gasteiger partial charge on any atom is -0.329 e. The first kappa shape index (κ1) is 12.0. The van der Waals surface area contributed by atoms with E-state index in [1.54, 1.807) is 6.42 Å². The lowest BCUT2D eigenvalue weighted by atomic mass is 9.53. The molecule has 2 N–H and O–H groups in total. The molecule has 17 heavy (non-hydrogen) atoms. The van der Waals surface area contributed by atoms with Gasteiger partial charge < -0.3 is 5.73 Å². The van der Waals surface area contributed by atoms with E-state index in [1.807, 2.05) is 0 Å². The Bertz CT molecular complexity index is 269. The van der Waals surface area contributed by atoms with E-state index in [4.69, 9.17) is 5.73 Å². The first-order valence-corrected chi connectivity index (χ1v) is 7.44. The molecule has 0 spiro atoms. The highest BCUT2D eigenvalue weighted by Crippen LogP contribution is 2.55. The van der Waals surface area contributed by atoms with Gasteiger partial charge in [-0.05, 0) is 76.7 Å². The van der Waals surface area contributed by atoms with Gasteiger partial charge in [0.2, 0.25) is 0 Å². The number of hydrogen-bond acceptors (Lipinski definition) is 2. The molecule has 4 bridgehead atoms. The van der Waals surface area contributed by atoms with Gasteiger partial charge in [0.15, 0.2) is 0 Å². The van der Waals surface area contributed by atoms with Gasteiger partial charge in [-0.15, -0.1) is 0 Å². The molecule has 4 aliphatic rings. The van der Waals surface area contributed by atoms with E-state index < -0.39 is 0 Å². The molecule has 0 unspecified atom stereocenters. The minimum atomic E-state index is 0.167. The van der Waals surface area contributed by atoms with E-state index in [9.17, 15) is 0 Å². The molecule has 0 heterocycles. The molecule has 4 fully saturated rings. The van der Waals surface area contributed by atoms with Crippen LogP contribution in [0.25, 0.3) is 0 Å². The summed E-state index contributed by atoms with van der Waals surface area (Å²) in [6.07, 6.45) is 7.56. The third-order valence-corrected chi connectivity index (χ3v) is 6.08. The van der Waals surface area contributed by atoms with Gasteiger partial charge in [-0.1, -0.05) is 0 Å². The van der Waals surface area contributed by atoms with Crippen molar-refractivity contribution in [3.8, 4) is 0 Å². The highest BCUT2D eigenvalue weighted by molar-refractivity contribution is 5.03. The molecule has 0 aromatic heterocycles. The monoisotopic (exact) mass is 236 g/mol. The predicted molar refractivity (Wildman–Crippen MR) is 71.7 cm³/mol. The van der Waals surface area contributed by atoms with E-state index in [2.05, 4.69) is 25.8 Å². The Hall–Kier alpha value is -0.0800. The molecule has 0 aliphatic heterocycles. The van der Waals surface area contributed by atoms with Crippen molar-refractivity contribution >= 4 is 0 Å². The number of hydrogen-bond donors (Lipinski definition) is 1.